The first-order valence-electron chi connectivity index (χ1n) is 6.83. The molecule has 2 aromatic rings. The molecule has 0 amide bonds. The van der Waals surface area contributed by atoms with E-state index in [0.29, 0.717) is 23.2 Å². The first kappa shape index (κ1) is 15.3. The van der Waals surface area contributed by atoms with Gasteiger partial charge in [0.1, 0.15) is 11.5 Å². The van der Waals surface area contributed by atoms with Crippen molar-refractivity contribution >= 4 is 0 Å². The summed E-state index contributed by atoms with van der Waals surface area (Å²) in [6.07, 6.45) is 0. The van der Waals surface area contributed by atoms with E-state index in [4.69, 9.17) is 14.0 Å². The van der Waals surface area contributed by atoms with Gasteiger partial charge in [-0.2, -0.15) is 4.98 Å². The molecule has 0 saturated heterocycles. The monoisotopic (exact) mass is 291 g/mol. The molecule has 0 radical (unpaired) electrons. The molecule has 0 bridgehead atoms. The van der Waals surface area contributed by atoms with Gasteiger partial charge in [-0.15, -0.1) is 0 Å². The van der Waals surface area contributed by atoms with Crippen LogP contribution in [0.3, 0.4) is 0 Å². The number of benzene rings is 1. The average molecular weight is 291 g/mol. The van der Waals surface area contributed by atoms with E-state index in [9.17, 15) is 0 Å². The molecule has 6 heteroatoms. The molecule has 0 saturated carbocycles. The normalized spacial score (nSPS) is 13.8. The quantitative estimate of drug-likeness (QED) is 0.881. The molecule has 1 N–H and O–H groups in total. The van der Waals surface area contributed by atoms with Crippen LogP contribution in [0.25, 0.3) is 11.4 Å². The number of rotatable bonds is 6. The molecule has 1 aromatic heterocycles. The van der Waals surface area contributed by atoms with E-state index in [-0.39, 0.29) is 12.0 Å². The lowest BCUT2D eigenvalue weighted by molar-refractivity contribution is 0.336. The Hall–Kier alpha value is -2.08. The molecule has 21 heavy (non-hydrogen) atoms. The molecule has 0 fully saturated rings. The smallest absolute Gasteiger partial charge is 0.231 e. The van der Waals surface area contributed by atoms with Crippen molar-refractivity contribution in [2.45, 2.75) is 25.8 Å². The number of methoxy groups -OCH3 is 2. The lowest BCUT2D eigenvalue weighted by Crippen LogP contribution is -2.27. The highest BCUT2D eigenvalue weighted by molar-refractivity contribution is 5.60. The fourth-order valence-corrected chi connectivity index (χ4v) is 1.94. The number of nitrogens with zero attached hydrogens (tertiary/aromatic N) is 2. The molecule has 0 aliphatic heterocycles. The maximum Gasteiger partial charge on any atom is 0.231 e. The second kappa shape index (κ2) is 6.58. The molecule has 2 unspecified atom stereocenters. The lowest BCUT2D eigenvalue weighted by Gasteiger charge is -2.14. The molecule has 6 nitrogen and oxygen atoms in total. The highest BCUT2D eigenvalue weighted by Crippen LogP contribution is 2.29. The topological polar surface area (TPSA) is 69.4 Å². The van der Waals surface area contributed by atoms with E-state index in [1.54, 1.807) is 20.3 Å². The Balaban J connectivity index is 2.33. The summed E-state index contributed by atoms with van der Waals surface area (Å²) in [5.74, 6) is 2.63. The van der Waals surface area contributed by atoms with Gasteiger partial charge in [0.25, 0.3) is 0 Å². The van der Waals surface area contributed by atoms with E-state index in [0.717, 1.165) is 5.56 Å². The number of nitrogens with one attached hydrogen (secondary N) is 1. The lowest BCUT2D eigenvalue weighted by atomic mass is 10.0. The molecular weight excluding hydrogens is 270 g/mol. The van der Waals surface area contributed by atoms with Crippen LogP contribution in [0.2, 0.25) is 0 Å². The first-order valence-corrected chi connectivity index (χ1v) is 6.83. The fourth-order valence-electron chi connectivity index (χ4n) is 1.94. The minimum Gasteiger partial charge on any atom is -0.497 e. The van der Waals surface area contributed by atoms with Gasteiger partial charge in [-0.3, -0.25) is 0 Å². The minimum absolute atomic E-state index is 0.128. The number of ether oxygens (including phenoxy) is 2. The van der Waals surface area contributed by atoms with E-state index < -0.39 is 0 Å². The van der Waals surface area contributed by atoms with Gasteiger partial charge in [-0.05, 0) is 26.1 Å². The first-order chi connectivity index (χ1) is 10.1. The Morgan fingerprint density at radius 1 is 1.10 bits per heavy atom. The third-order valence-corrected chi connectivity index (χ3v) is 3.65. The molecule has 0 aliphatic rings. The SMILES string of the molecule is CNC(C)C(C)c1nc(-c2cc(OC)cc(OC)c2)no1. The van der Waals surface area contributed by atoms with Crippen LogP contribution in [0, 0.1) is 0 Å². The van der Waals surface area contributed by atoms with Crippen molar-refractivity contribution < 1.29 is 14.0 Å². The second-order valence-electron chi connectivity index (χ2n) is 4.92. The van der Waals surface area contributed by atoms with Crippen LogP contribution >= 0.6 is 0 Å². The Bertz CT molecular complexity index is 575. The van der Waals surface area contributed by atoms with E-state index >= 15 is 0 Å². The maximum atomic E-state index is 5.37. The number of likely N-dealkylation sites (N-methyl/N-ethyl adjacent to an activating group) is 1. The molecule has 2 rings (SSSR count). The zero-order valence-electron chi connectivity index (χ0n) is 13.0. The summed E-state index contributed by atoms with van der Waals surface area (Å²) >= 11 is 0. The Morgan fingerprint density at radius 2 is 1.71 bits per heavy atom. The zero-order chi connectivity index (χ0) is 15.4. The van der Waals surface area contributed by atoms with Gasteiger partial charge in [0.2, 0.25) is 11.7 Å². The minimum atomic E-state index is 0.128. The van der Waals surface area contributed by atoms with Crippen molar-refractivity contribution in [3.05, 3.63) is 24.1 Å². The van der Waals surface area contributed by atoms with Gasteiger partial charge in [0.05, 0.1) is 20.1 Å². The summed E-state index contributed by atoms with van der Waals surface area (Å²) in [5, 5.41) is 7.23. The molecule has 0 spiro atoms. The highest BCUT2D eigenvalue weighted by Gasteiger charge is 2.20. The van der Waals surface area contributed by atoms with Crippen LogP contribution in [0.4, 0.5) is 0 Å². The van der Waals surface area contributed by atoms with Crippen molar-refractivity contribution in [3.8, 4) is 22.9 Å². The average Bonchev–Trinajstić information content (AvgIpc) is 3.02. The van der Waals surface area contributed by atoms with Crippen LogP contribution in [-0.4, -0.2) is 37.4 Å². The van der Waals surface area contributed by atoms with Gasteiger partial charge >= 0.3 is 0 Å². The predicted molar refractivity (Wildman–Crippen MR) is 79.8 cm³/mol. The van der Waals surface area contributed by atoms with E-state index in [2.05, 4.69) is 22.4 Å². The summed E-state index contributed by atoms with van der Waals surface area (Å²) in [6, 6.07) is 5.75. The van der Waals surface area contributed by atoms with Crippen LogP contribution < -0.4 is 14.8 Å². The Morgan fingerprint density at radius 3 is 2.24 bits per heavy atom. The number of hydrogen-bond donors (Lipinski definition) is 1. The molecule has 1 aromatic carbocycles. The van der Waals surface area contributed by atoms with Gasteiger partial charge in [-0.1, -0.05) is 12.1 Å². The van der Waals surface area contributed by atoms with Crippen molar-refractivity contribution in [2.75, 3.05) is 21.3 Å². The third kappa shape index (κ3) is 3.33. The van der Waals surface area contributed by atoms with Crippen molar-refractivity contribution in [3.63, 3.8) is 0 Å². The number of hydrogen-bond acceptors (Lipinski definition) is 6. The van der Waals surface area contributed by atoms with Gasteiger partial charge in [0, 0.05) is 17.7 Å². The summed E-state index contributed by atoms with van der Waals surface area (Å²) in [4.78, 5) is 4.47. The zero-order valence-corrected chi connectivity index (χ0v) is 13.0. The Kier molecular flexibility index (Phi) is 4.80. The second-order valence-corrected chi connectivity index (χ2v) is 4.92. The van der Waals surface area contributed by atoms with Crippen LogP contribution in [0.15, 0.2) is 22.7 Å². The van der Waals surface area contributed by atoms with Crippen molar-refractivity contribution in [1.29, 1.82) is 0 Å². The summed E-state index contributed by atoms with van der Waals surface area (Å²) in [6.45, 7) is 4.12. The molecule has 2 atom stereocenters. The van der Waals surface area contributed by atoms with Crippen LogP contribution in [0.1, 0.15) is 25.7 Å². The molecular formula is C15H21N3O3. The largest absolute Gasteiger partial charge is 0.497 e. The van der Waals surface area contributed by atoms with Gasteiger partial charge < -0.3 is 19.3 Å². The fraction of sp³-hybridized carbons (Fsp3) is 0.467. The van der Waals surface area contributed by atoms with Crippen molar-refractivity contribution in [1.82, 2.24) is 15.5 Å². The molecule has 0 aliphatic carbocycles. The Labute approximate surface area is 124 Å². The maximum absolute atomic E-state index is 5.37. The van der Waals surface area contributed by atoms with Crippen molar-refractivity contribution in [2.24, 2.45) is 0 Å². The standard InChI is InChI=1S/C15H21N3O3/c1-9(10(2)16-3)15-17-14(18-21-15)11-6-12(19-4)8-13(7-11)20-5/h6-10,16H,1-5H3. The number of aromatic nitrogens is 2. The summed E-state index contributed by atoms with van der Waals surface area (Å²) in [5.41, 5.74) is 0.797. The van der Waals surface area contributed by atoms with Crippen LogP contribution in [0.5, 0.6) is 11.5 Å². The molecule has 1 heterocycles. The molecule has 114 valence electrons. The third-order valence-electron chi connectivity index (χ3n) is 3.65. The van der Waals surface area contributed by atoms with E-state index in [1.165, 1.54) is 0 Å². The summed E-state index contributed by atoms with van der Waals surface area (Å²) in [7, 11) is 5.12. The van der Waals surface area contributed by atoms with E-state index in [1.807, 2.05) is 26.1 Å². The predicted octanol–water partition coefficient (Wildman–Crippen LogP) is 2.47. The highest BCUT2D eigenvalue weighted by atomic mass is 16.5. The van der Waals surface area contributed by atoms with Crippen LogP contribution in [-0.2, 0) is 0 Å². The van der Waals surface area contributed by atoms with Gasteiger partial charge in [-0.25, -0.2) is 0 Å². The summed E-state index contributed by atoms with van der Waals surface area (Å²) < 4.78 is 15.9. The van der Waals surface area contributed by atoms with Gasteiger partial charge in [0.15, 0.2) is 0 Å².